The summed E-state index contributed by atoms with van der Waals surface area (Å²) in [6, 6.07) is 8.45. The predicted molar refractivity (Wildman–Crippen MR) is 91.1 cm³/mol. The first-order chi connectivity index (χ1) is 10.2. The average molecular weight is 325 g/mol. The van der Waals surface area contributed by atoms with E-state index in [9.17, 15) is 5.11 Å². The number of hydrogen-bond donors (Lipinski definition) is 1. The van der Waals surface area contributed by atoms with Crippen molar-refractivity contribution in [2.75, 3.05) is 23.9 Å². The van der Waals surface area contributed by atoms with Gasteiger partial charge in [-0.3, -0.25) is 0 Å². The first-order valence-corrected chi connectivity index (χ1v) is 9.99. The fourth-order valence-corrected chi connectivity index (χ4v) is 5.44. The molecule has 0 radical (unpaired) electrons. The van der Waals surface area contributed by atoms with Gasteiger partial charge in [-0.15, -0.1) is 11.8 Å². The molecule has 2 aliphatic heterocycles. The van der Waals surface area contributed by atoms with Gasteiger partial charge in [-0.25, -0.2) is 0 Å². The van der Waals surface area contributed by atoms with Crippen molar-refractivity contribution in [2.24, 2.45) is 5.92 Å². The lowest BCUT2D eigenvalue weighted by Gasteiger charge is -2.39. The van der Waals surface area contributed by atoms with Crippen molar-refractivity contribution < 1.29 is 9.84 Å². The number of aliphatic hydroxyl groups excluding tert-OH is 1. The Kier molecular flexibility index (Phi) is 5.20. The zero-order valence-electron chi connectivity index (χ0n) is 12.6. The van der Waals surface area contributed by atoms with Crippen molar-refractivity contribution in [3.63, 3.8) is 0 Å². The molecule has 3 atom stereocenters. The van der Waals surface area contributed by atoms with Gasteiger partial charge in [0, 0.05) is 17.3 Å². The highest BCUT2D eigenvalue weighted by molar-refractivity contribution is 7.99. The molecule has 1 aromatic carbocycles. The third kappa shape index (κ3) is 3.61. The van der Waals surface area contributed by atoms with Crippen LogP contribution in [0.15, 0.2) is 29.2 Å². The van der Waals surface area contributed by atoms with E-state index in [1.165, 1.54) is 10.6 Å². The highest BCUT2D eigenvalue weighted by atomic mass is 32.2. The summed E-state index contributed by atoms with van der Waals surface area (Å²) in [6.45, 7) is 2.96. The third-order valence-corrected chi connectivity index (χ3v) is 6.69. The third-order valence-electron chi connectivity index (χ3n) is 4.58. The van der Waals surface area contributed by atoms with Gasteiger partial charge in [-0.1, -0.05) is 19.1 Å². The Morgan fingerprint density at radius 2 is 2.24 bits per heavy atom. The van der Waals surface area contributed by atoms with Gasteiger partial charge in [-0.2, -0.15) is 11.8 Å². The minimum absolute atomic E-state index is 0.0482. The lowest BCUT2D eigenvalue weighted by Crippen LogP contribution is -2.41. The second-order valence-corrected chi connectivity index (χ2v) is 8.48. The lowest BCUT2D eigenvalue weighted by molar-refractivity contribution is -0.102. The van der Waals surface area contributed by atoms with Crippen LogP contribution in [0.25, 0.3) is 0 Å². The highest BCUT2D eigenvalue weighted by Gasteiger charge is 2.42. The summed E-state index contributed by atoms with van der Waals surface area (Å²) < 4.78 is 6.06. The van der Waals surface area contributed by atoms with E-state index in [4.69, 9.17) is 4.74 Å². The standard InChI is InChI=1S/C17H24O2S2/c1-2-21-15-5-3-13(4-6-15)16(18)14-7-9-19-17(11-14)8-10-20-12-17/h3-6,14,16,18H,2,7-12H2,1H3. The molecule has 0 saturated carbocycles. The molecule has 2 nitrogen and oxygen atoms in total. The largest absolute Gasteiger partial charge is 0.388 e. The Bertz CT molecular complexity index is 454. The molecule has 0 amide bonds. The number of aliphatic hydroxyl groups is 1. The molecule has 2 saturated heterocycles. The van der Waals surface area contributed by atoms with Crippen LogP contribution < -0.4 is 0 Å². The average Bonchev–Trinajstić information content (AvgIpc) is 2.95. The molecule has 1 N–H and O–H groups in total. The maximum Gasteiger partial charge on any atom is 0.0820 e. The number of hydrogen-bond acceptors (Lipinski definition) is 4. The van der Waals surface area contributed by atoms with Crippen molar-refractivity contribution in [1.29, 1.82) is 0 Å². The number of rotatable bonds is 4. The zero-order valence-corrected chi connectivity index (χ0v) is 14.2. The van der Waals surface area contributed by atoms with Crippen molar-refractivity contribution in [1.82, 2.24) is 0 Å². The van der Waals surface area contributed by atoms with Gasteiger partial charge >= 0.3 is 0 Å². The van der Waals surface area contributed by atoms with Gasteiger partial charge in [0.1, 0.15) is 0 Å². The SMILES string of the molecule is CCSc1ccc(C(O)C2CCOC3(CCSC3)C2)cc1. The molecular weight excluding hydrogens is 300 g/mol. The number of benzene rings is 1. The molecule has 0 aliphatic carbocycles. The van der Waals surface area contributed by atoms with Crippen molar-refractivity contribution in [3.05, 3.63) is 29.8 Å². The van der Waals surface area contributed by atoms with Crippen LogP contribution in [-0.4, -0.2) is 34.6 Å². The second-order valence-electron chi connectivity index (χ2n) is 6.03. The molecule has 116 valence electrons. The second kappa shape index (κ2) is 6.95. The molecule has 2 aliphatic rings. The van der Waals surface area contributed by atoms with E-state index in [0.717, 1.165) is 42.9 Å². The summed E-state index contributed by atoms with van der Waals surface area (Å²) in [5, 5.41) is 10.7. The number of thioether (sulfide) groups is 2. The topological polar surface area (TPSA) is 29.5 Å². The van der Waals surface area contributed by atoms with Gasteiger partial charge in [0.15, 0.2) is 0 Å². The molecule has 0 bridgehead atoms. The minimum Gasteiger partial charge on any atom is -0.388 e. The van der Waals surface area contributed by atoms with E-state index in [0.29, 0.717) is 5.92 Å². The summed E-state index contributed by atoms with van der Waals surface area (Å²) >= 11 is 3.83. The van der Waals surface area contributed by atoms with E-state index in [-0.39, 0.29) is 11.7 Å². The normalized spacial score (nSPS) is 30.7. The van der Waals surface area contributed by atoms with Crippen molar-refractivity contribution >= 4 is 23.5 Å². The van der Waals surface area contributed by atoms with Crippen molar-refractivity contribution in [3.8, 4) is 0 Å². The maximum absolute atomic E-state index is 10.7. The van der Waals surface area contributed by atoms with Gasteiger partial charge in [0.2, 0.25) is 0 Å². The van der Waals surface area contributed by atoms with Gasteiger partial charge in [0.25, 0.3) is 0 Å². The van der Waals surface area contributed by atoms with Crippen LogP contribution in [0.3, 0.4) is 0 Å². The first kappa shape index (κ1) is 15.7. The lowest BCUT2D eigenvalue weighted by atomic mass is 9.80. The van der Waals surface area contributed by atoms with Crippen LogP contribution in [0.2, 0.25) is 0 Å². The molecule has 1 aromatic rings. The molecule has 21 heavy (non-hydrogen) atoms. The first-order valence-electron chi connectivity index (χ1n) is 7.85. The Balaban J connectivity index is 1.67. The molecule has 1 spiro atoms. The summed E-state index contributed by atoms with van der Waals surface area (Å²) in [4.78, 5) is 1.28. The maximum atomic E-state index is 10.7. The smallest absolute Gasteiger partial charge is 0.0820 e. The predicted octanol–water partition coefficient (Wildman–Crippen LogP) is 4.13. The monoisotopic (exact) mass is 324 g/mol. The van der Waals surface area contributed by atoms with E-state index in [1.54, 1.807) is 0 Å². The fraction of sp³-hybridized carbons (Fsp3) is 0.647. The van der Waals surface area contributed by atoms with Crippen LogP contribution in [-0.2, 0) is 4.74 Å². The fourth-order valence-electron chi connectivity index (χ4n) is 3.40. The zero-order chi connectivity index (χ0) is 14.7. The highest BCUT2D eigenvalue weighted by Crippen LogP contribution is 2.44. The van der Waals surface area contributed by atoms with E-state index in [2.05, 4.69) is 31.2 Å². The summed E-state index contributed by atoms with van der Waals surface area (Å²) in [5.74, 6) is 3.72. The molecule has 3 rings (SSSR count). The van der Waals surface area contributed by atoms with Gasteiger partial charge in [0.05, 0.1) is 11.7 Å². The van der Waals surface area contributed by atoms with Crippen LogP contribution in [0.4, 0.5) is 0 Å². The van der Waals surface area contributed by atoms with E-state index in [1.807, 2.05) is 23.5 Å². The van der Waals surface area contributed by atoms with Crippen LogP contribution in [0.5, 0.6) is 0 Å². The molecular formula is C17H24O2S2. The summed E-state index contributed by atoms with van der Waals surface area (Å²) in [7, 11) is 0. The minimum atomic E-state index is -0.350. The molecule has 2 fully saturated rings. The molecule has 0 aromatic heterocycles. The molecule has 2 heterocycles. The molecule has 4 heteroatoms. The van der Waals surface area contributed by atoms with E-state index >= 15 is 0 Å². The van der Waals surface area contributed by atoms with Crippen LogP contribution in [0, 0.1) is 5.92 Å². The van der Waals surface area contributed by atoms with Crippen LogP contribution in [0.1, 0.15) is 37.9 Å². The summed E-state index contributed by atoms with van der Waals surface area (Å²) in [5.41, 5.74) is 1.11. The van der Waals surface area contributed by atoms with Crippen molar-refractivity contribution in [2.45, 2.75) is 42.8 Å². The Hall–Kier alpha value is -0.160. The van der Waals surface area contributed by atoms with Gasteiger partial charge < -0.3 is 9.84 Å². The Morgan fingerprint density at radius 3 is 2.90 bits per heavy atom. The molecule has 3 unspecified atom stereocenters. The Labute approximate surface area is 136 Å². The van der Waals surface area contributed by atoms with E-state index < -0.39 is 0 Å². The van der Waals surface area contributed by atoms with Gasteiger partial charge in [-0.05, 0) is 54.4 Å². The number of ether oxygens (including phenoxy) is 1. The summed E-state index contributed by atoms with van der Waals surface area (Å²) in [6.07, 6.45) is 2.77. The van der Waals surface area contributed by atoms with Crippen LogP contribution >= 0.6 is 23.5 Å². The Morgan fingerprint density at radius 1 is 1.43 bits per heavy atom. The quantitative estimate of drug-likeness (QED) is 0.843.